The molecular formula is C15H18N6O12S2. The van der Waals surface area contributed by atoms with Crippen molar-refractivity contribution < 1.29 is 56.4 Å². The second kappa shape index (κ2) is 11.9. The molecular weight excluding hydrogens is 520 g/mol. The Kier molecular flexibility index (Phi) is 9.25. The number of ether oxygens (including phenoxy) is 2. The van der Waals surface area contributed by atoms with Gasteiger partial charge in [0.2, 0.25) is 13.0 Å². The molecule has 0 unspecified atom stereocenters. The number of nitrogens with two attached hydrogens (primary N) is 1. The predicted molar refractivity (Wildman–Crippen MR) is 112 cm³/mol. The van der Waals surface area contributed by atoms with Crippen LogP contribution in [0.4, 0.5) is 9.93 Å². The molecule has 3 amide bonds. The smallest absolute Gasteiger partial charge is 0.479 e. The Hall–Kier alpha value is -4.04. The zero-order valence-electron chi connectivity index (χ0n) is 17.4. The monoisotopic (exact) mass is 538 g/mol. The predicted octanol–water partition coefficient (Wildman–Crippen LogP) is -3.07. The maximum absolute atomic E-state index is 12.7. The molecule has 0 aliphatic carbocycles. The molecule has 192 valence electrons. The highest BCUT2D eigenvalue weighted by Crippen LogP contribution is 2.24. The lowest BCUT2D eigenvalue weighted by atomic mass is 9.99. The Morgan fingerprint density at radius 1 is 1.34 bits per heavy atom. The molecule has 35 heavy (non-hydrogen) atoms. The van der Waals surface area contributed by atoms with E-state index in [9.17, 15) is 36.9 Å². The minimum Gasteiger partial charge on any atom is -0.479 e. The maximum Gasteiger partial charge on any atom is 0.508 e. The van der Waals surface area contributed by atoms with Gasteiger partial charge < -0.3 is 35.8 Å². The molecule has 2 heterocycles. The van der Waals surface area contributed by atoms with Gasteiger partial charge in [-0.1, -0.05) is 5.16 Å². The Morgan fingerprint density at radius 3 is 2.63 bits per heavy atom. The molecule has 20 heteroatoms. The van der Waals surface area contributed by atoms with Crippen LogP contribution >= 0.6 is 11.3 Å². The lowest BCUT2D eigenvalue weighted by molar-refractivity contribution is -0.147. The van der Waals surface area contributed by atoms with Gasteiger partial charge in [-0.15, -0.1) is 11.3 Å². The second-order valence-corrected chi connectivity index (χ2v) is 8.47. The lowest BCUT2D eigenvalue weighted by Gasteiger charge is -2.43. The third kappa shape index (κ3) is 7.48. The number of rotatable bonds is 13. The van der Waals surface area contributed by atoms with E-state index in [0.29, 0.717) is 6.41 Å². The Morgan fingerprint density at radius 2 is 2.06 bits per heavy atom. The second-order valence-electron chi connectivity index (χ2n) is 6.29. The molecule has 0 spiro atoms. The summed E-state index contributed by atoms with van der Waals surface area (Å²) in [6.45, 7) is -2.07. The van der Waals surface area contributed by atoms with E-state index in [1.54, 1.807) is 0 Å². The van der Waals surface area contributed by atoms with E-state index in [1.807, 2.05) is 0 Å². The zero-order chi connectivity index (χ0) is 26.2. The summed E-state index contributed by atoms with van der Waals surface area (Å²) in [7, 11) is -5.09. The number of carboxylic acid groups (broad SMARTS) is 1. The average Bonchev–Trinajstić information content (AvgIpc) is 3.19. The van der Waals surface area contributed by atoms with Crippen LogP contribution in [-0.2, 0) is 43.8 Å². The number of nitrogen functional groups attached to an aromatic ring is 1. The minimum absolute atomic E-state index is 0.0177. The number of hydrogen-bond acceptors (Lipinski definition) is 14. The van der Waals surface area contributed by atoms with Gasteiger partial charge in [-0.2, -0.15) is 8.42 Å². The summed E-state index contributed by atoms with van der Waals surface area (Å²) in [6.07, 6.45) is -0.935. The van der Waals surface area contributed by atoms with Crippen LogP contribution < -0.4 is 16.4 Å². The van der Waals surface area contributed by atoms with Gasteiger partial charge >= 0.3 is 22.4 Å². The first-order chi connectivity index (χ1) is 16.5. The van der Waals surface area contributed by atoms with E-state index in [1.165, 1.54) is 5.38 Å². The molecule has 0 saturated carbocycles. The van der Waals surface area contributed by atoms with Gasteiger partial charge in [0, 0.05) is 5.38 Å². The molecule has 0 radical (unpaired) electrons. The quantitative estimate of drug-likeness (QED) is 0.0317. The Balaban J connectivity index is 2.14. The molecule has 1 aromatic heterocycles. The molecule has 0 aromatic carbocycles. The fourth-order valence-electron chi connectivity index (χ4n) is 2.53. The van der Waals surface area contributed by atoms with Crippen LogP contribution in [0.25, 0.3) is 0 Å². The molecule has 0 bridgehead atoms. The van der Waals surface area contributed by atoms with Crippen molar-refractivity contribution in [1.29, 1.82) is 0 Å². The highest BCUT2D eigenvalue weighted by Gasteiger charge is 2.55. The van der Waals surface area contributed by atoms with E-state index >= 15 is 0 Å². The molecule has 1 saturated heterocycles. The van der Waals surface area contributed by atoms with Crippen LogP contribution in [0.1, 0.15) is 5.69 Å². The molecule has 18 nitrogen and oxygen atoms in total. The Bertz CT molecular complexity index is 1120. The number of hydrogen-bond donors (Lipinski definition) is 5. The number of carboxylic acids is 1. The van der Waals surface area contributed by atoms with Crippen molar-refractivity contribution in [2.24, 2.45) is 5.16 Å². The van der Waals surface area contributed by atoms with Gasteiger partial charge in [0.05, 0.1) is 6.54 Å². The summed E-state index contributed by atoms with van der Waals surface area (Å²) in [4.78, 5) is 65.8. The van der Waals surface area contributed by atoms with E-state index in [2.05, 4.69) is 30.3 Å². The first-order valence-electron chi connectivity index (χ1n) is 9.17. The van der Waals surface area contributed by atoms with Gasteiger partial charge in [-0.25, -0.2) is 18.9 Å². The summed E-state index contributed by atoms with van der Waals surface area (Å²) in [5, 5.41) is 17.7. The van der Waals surface area contributed by atoms with Crippen molar-refractivity contribution in [3.05, 3.63) is 11.1 Å². The van der Waals surface area contributed by atoms with Crippen molar-refractivity contribution in [2.75, 3.05) is 32.1 Å². The molecule has 1 aliphatic heterocycles. The number of nitrogens with one attached hydrogen (secondary N) is 2. The molecule has 2 atom stereocenters. The fraction of sp³-hybridized carbons (Fsp3) is 0.400. The van der Waals surface area contributed by atoms with Crippen molar-refractivity contribution in [3.8, 4) is 0 Å². The number of oxime groups is 1. The minimum atomic E-state index is -5.09. The van der Waals surface area contributed by atoms with Gasteiger partial charge in [-0.05, 0) is 0 Å². The first kappa shape index (κ1) is 27.2. The number of aromatic nitrogens is 1. The molecule has 6 N–H and O–H groups in total. The number of carbonyl (C=O) groups is 5. The molecule has 1 fully saturated rings. The van der Waals surface area contributed by atoms with Crippen LogP contribution in [0.2, 0.25) is 0 Å². The lowest BCUT2D eigenvalue weighted by Crippen LogP contribution is -2.73. The third-order valence-corrected chi connectivity index (χ3v) is 5.57. The maximum atomic E-state index is 12.7. The normalized spacial score (nSPS) is 17.7. The number of β-lactam (4-membered cyclic amide) rings is 1. The number of amides is 3. The van der Waals surface area contributed by atoms with Gasteiger partial charge in [0.15, 0.2) is 10.8 Å². The van der Waals surface area contributed by atoms with E-state index in [-0.39, 0.29) is 28.3 Å². The van der Waals surface area contributed by atoms with E-state index in [4.69, 9.17) is 15.6 Å². The van der Waals surface area contributed by atoms with Gasteiger partial charge in [0.1, 0.15) is 31.0 Å². The summed E-state index contributed by atoms with van der Waals surface area (Å²) in [5.41, 5.74) is 4.77. The SMILES string of the molecule is Nc1nc(/C(=N/OCC(=O)O)C(=O)N[C@@H]2C(=O)N(S(=O)(=O)O)[C@@H]2COC(=O)OCCNC=O)cs1. The number of thiazole rings is 1. The first-order valence-corrected chi connectivity index (χ1v) is 11.4. The number of anilines is 1. The van der Waals surface area contributed by atoms with E-state index in [0.717, 1.165) is 11.3 Å². The van der Waals surface area contributed by atoms with Crippen molar-refractivity contribution >= 4 is 62.8 Å². The third-order valence-electron chi connectivity index (χ3n) is 3.95. The topological polar surface area (TPSA) is 266 Å². The summed E-state index contributed by atoms with van der Waals surface area (Å²) >= 11 is 0.905. The summed E-state index contributed by atoms with van der Waals surface area (Å²) in [6, 6.07) is -3.21. The molecule has 1 aliphatic rings. The fourth-order valence-corrected chi connectivity index (χ4v) is 3.95. The summed E-state index contributed by atoms with van der Waals surface area (Å²) < 4.78 is 41.6. The molecule has 2 rings (SSSR count). The van der Waals surface area contributed by atoms with Crippen molar-refractivity contribution in [2.45, 2.75) is 12.1 Å². The van der Waals surface area contributed by atoms with E-state index < -0.39 is 65.3 Å². The largest absolute Gasteiger partial charge is 0.508 e. The van der Waals surface area contributed by atoms with Crippen LogP contribution in [0, 0.1) is 0 Å². The highest BCUT2D eigenvalue weighted by molar-refractivity contribution is 7.84. The summed E-state index contributed by atoms with van der Waals surface area (Å²) in [5.74, 6) is -3.83. The van der Waals surface area contributed by atoms with Crippen LogP contribution in [0.5, 0.6) is 0 Å². The van der Waals surface area contributed by atoms with Crippen LogP contribution in [-0.4, -0.2) is 102 Å². The number of carbonyl (C=O) groups excluding carboxylic acids is 4. The average molecular weight is 538 g/mol. The Labute approximate surface area is 199 Å². The van der Waals surface area contributed by atoms with Crippen LogP contribution in [0.15, 0.2) is 10.5 Å². The van der Waals surface area contributed by atoms with Gasteiger partial charge in [0.25, 0.3) is 11.8 Å². The van der Waals surface area contributed by atoms with Crippen LogP contribution in [0.3, 0.4) is 0 Å². The number of nitrogens with zero attached hydrogens (tertiary/aromatic N) is 3. The zero-order valence-corrected chi connectivity index (χ0v) is 19.0. The van der Waals surface area contributed by atoms with Gasteiger partial charge in [-0.3, -0.25) is 18.9 Å². The standard InChI is InChI=1S/C15H18N6O12S2/c16-14-18-7(5-34-14)10(20-33-4-9(23)24)12(25)19-11-8(21(13(11)26)35(28,29)30)3-32-15(27)31-2-1-17-6-22/h5-6,8,11H,1-4H2,(H2,16,18)(H,17,22)(H,19,25)(H,23,24)(H,28,29,30)/b20-10-/t8-,11+/m1/s1. The van der Waals surface area contributed by atoms with Crippen molar-refractivity contribution in [3.63, 3.8) is 0 Å². The van der Waals surface area contributed by atoms with Crippen molar-refractivity contribution in [1.82, 2.24) is 19.9 Å². The number of aliphatic carboxylic acids is 1. The molecule has 1 aromatic rings. The highest BCUT2D eigenvalue weighted by atomic mass is 32.2.